The fraction of sp³-hybridized carbons (Fsp3) is 0. The molecule has 0 bridgehead atoms. The molecule has 0 radical (unpaired) electrons. The van der Waals surface area contributed by atoms with Crippen molar-refractivity contribution in [2.24, 2.45) is 0 Å². The van der Waals surface area contributed by atoms with Crippen LogP contribution in [0, 0.1) is 0 Å². The Balaban J connectivity index is 3.28. The maximum atomic E-state index is 9.96. The zero-order valence-electron chi connectivity index (χ0n) is 3.33. The molecule has 0 fully saturated rings. The van der Waals surface area contributed by atoms with Gasteiger partial charge in [-0.05, 0) is 0 Å². The lowest BCUT2D eigenvalue weighted by Crippen LogP contribution is -2.11. The quantitative estimate of drug-likeness (QED) is 0.431. The van der Waals surface area contributed by atoms with E-state index in [4.69, 9.17) is 0 Å². The van der Waals surface area contributed by atoms with Gasteiger partial charge in [0.05, 0.1) is 0 Å². The lowest BCUT2D eigenvalue weighted by atomic mass is 11.2. The van der Waals surface area contributed by atoms with Crippen LogP contribution in [0.1, 0.15) is 0 Å². The van der Waals surface area contributed by atoms with Crippen molar-refractivity contribution in [2.75, 3.05) is 0 Å². The monoisotopic (exact) mass is 98.0 g/mol. The van der Waals surface area contributed by atoms with Crippen LogP contribution in [0.5, 0.6) is 0 Å². The first kappa shape index (κ1) is 3.91. The van der Waals surface area contributed by atoms with E-state index < -0.39 is 5.69 Å². The van der Waals surface area contributed by atoms with Crippen LogP contribution in [-0.2, 0) is 0 Å². The topological polar surface area (TPSA) is 71.5 Å². The molecule has 5 nitrogen and oxygen atoms in total. The molecular weight excluding hydrogens is 96.0 g/mol. The van der Waals surface area contributed by atoms with Crippen LogP contribution in [0.3, 0.4) is 0 Å². The summed E-state index contributed by atoms with van der Waals surface area (Å²) in [6.07, 6.45) is 1.18. The molecule has 1 heterocycles. The van der Waals surface area contributed by atoms with E-state index in [9.17, 15) is 4.79 Å². The van der Waals surface area contributed by atoms with Crippen LogP contribution in [0.4, 0.5) is 0 Å². The smallest absolute Gasteiger partial charge is 0.249 e. The molecule has 0 saturated heterocycles. The van der Waals surface area contributed by atoms with Gasteiger partial charge in [-0.3, -0.25) is 0 Å². The van der Waals surface area contributed by atoms with Crippen molar-refractivity contribution in [1.82, 2.24) is 20.4 Å². The van der Waals surface area contributed by atoms with Gasteiger partial charge in [0.15, 0.2) is 0 Å². The van der Waals surface area contributed by atoms with Crippen molar-refractivity contribution in [3.05, 3.63) is 16.8 Å². The third-order valence-electron chi connectivity index (χ3n) is 0.426. The number of rotatable bonds is 0. The second kappa shape index (κ2) is 1.46. The minimum absolute atomic E-state index is 0.571. The van der Waals surface area contributed by atoms with Crippen LogP contribution >= 0.6 is 0 Å². The Kier molecular flexibility index (Phi) is 0.816. The fourth-order valence-electron chi connectivity index (χ4n) is 0.207. The summed E-state index contributed by atoms with van der Waals surface area (Å²) >= 11 is 0. The highest BCUT2D eigenvalue weighted by Crippen LogP contribution is 1.41. The average Bonchev–Trinajstić information content (AvgIpc) is 1.69. The van der Waals surface area contributed by atoms with Gasteiger partial charge in [0, 0.05) is 0 Å². The Labute approximate surface area is 38.4 Å². The van der Waals surface area contributed by atoms with Crippen LogP contribution in [0.2, 0.25) is 0 Å². The lowest BCUT2D eigenvalue weighted by molar-refractivity contribution is 0.784. The number of hydrogen-bond donors (Lipinski definition) is 1. The summed E-state index contributed by atoms with van der Waals surface area (Å²) in [4.78, 5) is 13.2. The molecule has 0 saturated carbocycles. The SMILES string of the molecule is O=c1nc[nH]nn1. The van der Waals surface area contributed by atoms with E-state index in [-0.39, 0.29) is 0 Å². The van der Waals surface area contributed by atoms with Crippen molar-refractivity contribution < 1.29 is 0 Å². The third kappa shape index (κ3) is 0.783. The summed E-state index contributed by atoms with van der Waals surface area (Å²) in [6, 6.07) is 0. The fourth-order valence-corrected chi connectivity index (χ4v) is 0.207. The van der Waals surface area contributed by atoms with E-state index in [0.717, 1.165) is 0 Å². The summed E-state index contributed by atoms with van der Waals surface area (Å²) in [5.41, 5.74) is -0.571. The molecule has 36 valence electrons. The molecule has 0 atom stereocenters. The second-order valence-corrected chi connectivity index (χ2v) is 0.870. The van der Waals surface area contributed by atoms with Gasteiger partial charge in [0.2, 0.25) is 0 Å². The van der Waals surface area contributed by atoms with Crippen molar-refractivity contribution in [3.8, 4) is 0 Å². The molecule has 7 heavy (non-hydrogen) atoms. The third-order valence-corrected chi connectivity index (χ3v) is 0.426. The van der Waals surface area contributed by atoms with E-state index in [0.29, 0.717) is 0 Å². The highest BCUT2D eigenvalue weighted by atomic mass is 16.1. The minimum Gasteiger partial charge on any atom is -0.249 e. The molecule has 0 spiro atoms. The number of aromatic nitrogens is 4. The van der Waals surface area contributed by atoms with E-state index in [2.05, 4.69) is 20.4 Å². The molecule has 1 rings (SSSR count). The Morgan fingerprint density at radius 3 is 2.86 bits per heavy atom. The Morgan fingerprint density at radius 2 is 2.57 bits per heavy atom. The van der Waals surface area contributed by atoms with E-state index in [1.54, 1.807) is 0 Å². The first-order valence-electron chi connectivity index (χ1n) is 1.62. The molecule has 1 N–H and O–H groups in total. The van der Waals surface area contributed by atoms with Crippen LogP contribution in [-0.4, -0.2) is 20.4 Å². The molecule has 1 aromatic rings. The standard InChI is InChI=1S/C2H2N4O/c7-2-3-1-4-6-5-2/h1H,(H,3,4,5,7). The summed E-state index contributed by atoms with van der Waals surface area (Å²) in [5, 5.41) is 8.40. The summed E-state index contributed by atoms with van der Waals surface area (Å²) in [5.74, 6) is 0. The number of nitrogens with one attached hydrogen (secondary N) is 1. The molecule has 0 unspecified atom stereocenters. The van der Waals surface area contributed by atoms with Crippen molar-refractivity contribution in [1.29, 1.82) is 0 Å². The molecule has 0 aliphatic rings. The number of aromatic amines is 1. The number of H-pyrrole nitrogens is 1. The zero-order chi connectivity index (χ0) is 5.11. The molecule has 0 amide bonds. The molecular formula is C2H2N4O. The van der Waals surface area contributed by atoms with Crippen molar-refractivity contribution in [2.45, 2.75) is 0 Å². The van der Waals surface area contributed by atoms with E-state index >= 15 is 0 Å². The van der Waals surface area contributed by atoms with E-state index in [1.807, 2.05) is 0 Å². The van der Waals surface area contributed by atoms with Crippen LogP contribution < -0.4 is 5.69 Å². The van der Waals surface area contributed by atoms with Gasteiger partial charge in [-0.1, -0.05) is 10.3 Å². The summed E-state index contributed by atoms with van der Waals surface area (Å²) < 4.78 is 0. The molecule has 5 heteroatoms. The predicted octanol–water partition coefficient (Wildman–Crippen LogP) is -1.44. The van der Waals surface area contributed by atoms with Crippen LogP contribution in [0.15, 0.2) is 11.1 Å². The molecule has 0 aromatic carbocycles. The predicted molar refractivity (Wildman–Crippen MR) is 20.4 cm³/mol. The Hall–Kier alpha value is -1.26. The minimum atomic E-state index is -0.571. The van der Waals surface area contributed by atoms with Crippen molar-refractivity contribution in [3.63, 3.8) is 0 Å². The highest BCUT2D eigenvalue weighted by Gasteiger charge is 1.74. The van der Waals surface area contributed by atoms with Gasteiger partial charge in [0.1, 0.15) is 6.33 Å². The van der Waals surface area contributed by atoms with Crippen LogP contribution in [0.25, 0.3) is 0 Å². The lowest BCUT2D eigenvalue weighted by Gasteiger charge is -1.70. The molecule has 1 aromatic heterocycles. The van der Waals surface area contributed by atoms with Gasteiger partial charge in [-0.25, -0.2) is 9.89 Å². The molecule has 0 aliphatic carbocycles. The van der Waals surface area contributed by atoms with Gasteiger partial charge in [-0.15, -0.1) is 0 Å². The highest BCUT2D eigenvalue weighted by molar-refractivity contribution is 4.45. The summed E-state index contributed by atoms with van der Waals surface area (Å²) in [7, 11) is 0. The maximum absolute atomic E-state index is 9.96. The van der Waals surface area contributed by atoms with E-state index in [1.165, 1.54) is 6.33 Å². The first-order chi connectivity index (χ1) is 3.39. The number of hydrogen-bond acceptors (Lipinski definition) is 4. The van der Waals surface area contributed by atoms with Gasteiger partial charge >= 0.3 is 5.69 Å². The zero-order valence-corrected chi connectivity index (χ0v) is 3.33. The number of nitrogens with zero attached hydrogens (tertiary/aromatic N) is 3. The summed E-state index contributed by atoms with van der Waals surface area (Å²) in [6.45, 7) is 0. The first-order valence-corrected chi connectivity index (χ1v) is 1.62. The maximum Gasteiger partial charge on any atom is 0.388 e. The Morgan fingerprint density at radius 1 is 1.71 bits per heavy atom. The molecule has 0 aliphatic heterocycles. The normalized spacial score (nSPS) is 8.57. The Bertz CT molecular complexity index is 175. The van der Waals surface area contributed by atoms with Gasteiger partial charge in [0.25, 0.3) is 0 Å². The largest absolute Gasteiger partial charge is 0.388 e. The van der Waals surface area contributed by atoms with Gasteiger partial charge in [-0.2, -0.15) is 4.98 Å². The van der Waals surface area contributed by atoms with Gasteiger partial charge < -0.3 is 0 Å². The average molecular weight is 98.1 g/mol. The van der Waals surface area contributed by atoms with Crippen molar-refractivity contribution >= 4 is 0 Å². The second-order valence-electron chi connectivity index (χ2n) is 0.870.